The number of allylic oxidation sites excluding steroid dienone is 1. The van der Waals surface area contributed by atoms with Crippen molar-refractivity contribution in [3.63, 3.8) is 0 Å². The third kappa shape index (κ3) is 7.54. The monoisotopic (exact) mass is 127 g/mol. The summed E-state index contributed by atoms with van der Waals surface area (Å²) in [4.78, 5) is 0. The van der Waals surface area contributed by atoms with E-state index in [0.29, 0.717) is 0 Å². The van der Waals surface area contributed by atoms with Gasteiger partial charge in [0.25, 0.3) is 0 Å². The van der Waals surface area contributed by atoms with Crippen LogP contribution >= 0.6 is 0 Å². The van der Waals surface area contributed by atoms with Crippen LogP contribution in [0.5, 0.6) is 0 Å². The van der Waals surface area contributed by atoms with Crippen molar-refractivity contribution in [1.29, 1.82) is 0 Å². The summed E-state index contributed by atoms with van der Waals surface area (Å²) < 4.78 is 0. The Morgan fingerprint density at radius 2 is 2.00 bits per heavy atom. The molecule has 0 aliphatic heterocycles. The van der Waals surface area contributed by atoms with Crippen molar-refractivity contribution >= 4 is 0 Å². The molecule has 0 aromatic rings. The Labute approximate surface area is 57.9 Å². The predicted octanol–water partition coefficient (Wildman–Crippen LogP) is 2.43. The molecule has 0 amide bonds. The third-order valence-corrected chi connectivity index (χ3v) is 1.36. The molecule has 0 radical (unpaired) electrons. The second kappa shape index (κ2) is 7.54. The van der Waals surface area contributed by atoms with E-state index in [2.05, 4.69) is 6.92 Å². The van der Waals surface area contributed by atoms with Crippen LogP contribution in [0.1, 0.15) is 39.0 Å². The van der Waals surface area contributed by atoms with Crippen molar-refractivity contribution < 1.29 is 0 Å². The van der Waals surface area contributed by atoms with Gasteiger partial charge in [0.15, 0.2) is 0 Å². The van der Waals surface area contributed by atoms with Crippen LogP contribution in [-0.2, 0) is 0 Å². The Hall–Kier alpha value is -0.460. The fourth-order valence-electron chi connectivity index (χ4n) is 0.785. The summed E-state index contributed by atoms with van der Waals surface area (Å²) in [6.45, 7) is 2.22. The number of hydrogen-bond donors (Lipinski definition) is 1. The molecule has 0 atom stereocenters. The van der Waals surface area contributed by atoms with Crippen LogP contribution in [0.3, 0.4) is 0 Å². The summed E-state index contributed by atoms with van der Waals surface area (Å²) in [6.07, 6.45) is 10.1. The van der Waals surface area contributed by atoms with E-state index in [9.17, 15) is 0 Å². The molecular formula is C8H17N. The average Bonchev–Trinajstić information content (AvgIpc) is 1.89. The molecule has 0 saturated heterocycles. The lowest BCUT2D eigenvalue weighted by atomic mass is 10.1. The number of hydrogen-bond acceptors (Lipinski definition) is 1. The second-order valence-corrected chi connectivity index (χ2v) is 2.28. The second-order valence-electron chi connectivity index (χ2n) is 2.28. The molecule has 0 fully saturated rings. The molecule has 0 aliphatic rings. The Morgan fingerprint density at radius 1 is 1.22 bits per heavy atom. The van der Waals surface area contributed by atoms with Crippen LogP contribution in [-0.4, -0.2) is 0 Å². The highest BCUT2D eigenvalue weighted by Gasteiger charge is 1.82. The quantitative estimate of drug-likeness (QED) is 0.564. The number of rotatable bonds is 5. The fraction of sp³-hybridized carbons (Fsp3) is 0.750. The van der Waals surface area contributed by atoms with Crippen LogP contribution in [0.15, 0.2) is 12.3 Å². The van der Waals surface area contributed by atoms with E-state index in [4.69, 9.17) is 5.73 Å². The van der Waals surface area contributed by atoms with Gasteiger partial charge in [-0.2, -0.15) is 0 Å². The van der Waals surface area contributed by atoms with E-state index >= 15 is 0 Å². The molecule has 0 bridgehead atoms. The molecular weight excluding hydrogens is 110 g/mol. The first kappa shape index (κ1) is 8.54. The molecule has 0 aromatic carbocycles. The first-order valence-electron chi connectivity index (χ1n) is 3.78. The lowest BCUT2D eigenvalue weighted by molar-refractivity contribution is 0.674. The normalized spacial score (nSPS) is 10.8. The maximum Gasteiger partial charge on any atom is -0.0103 e. The Balaban J connectivity index is 2.75. The topological polar surface area (TPSA) is 26.0 Å². The maximum absolute atomic E-state index is 5.16. The van der Waals surface area contributed by atoms with Gasteiger partial charge < -0.3 is 5.73 Å². The molecule has 0 spiro atoms. The largest absolute Gasteiger partial charge is 0.405 e. The highest BCUT2D eigenvalue weighted by Crippen LogP contribution is 2.01. The van der Waals surface area contributed by atoms with Crippen molar-refractivity contribution in [3.8, 4) is 0 Å². The Morgan fingerprint density at radius 3 is 2.56 bits per heavy atom. The summed E-state index contributed by atoms with van der Waals surface area (Å²) in [5.74, 6) is 0. The van der Waals surface area contributed by atoms with Gasteiger partial charge >= 0.3 is 0 Å². The molecule has 0 saturated carbocycles. The van der Waals surface area contributed by atoms with E-state index in [-0.39, 0.29) is 0 Å². The van der Waals surface area contributed by atoms with Crippen LogP contribution < -0.4 is 5.73 Å². The molecule has 54 valence electrons. The molecule has 1 heteroatoms. The lowest BCUT2D eigenvalue weighted by Gasteiger charge is -1.92. The van der Waals surface area contributed by atoms with Crippen LogP contribution in [0.2, 0.25) is 0 Å². The minimum Gasteiger partial charge on any atom is -0.405 e. The molecule has 1 nitrogen and oxygen atoms in total. The van der Waals surface area contributed by atoms with E-state index in [0.717, 1.165) is 6.42 Å². The smallest absolute Gasteiger partial charge is 0.0103 e. The summed E-state index contributed by atoms with van der Waals surface area (Å²) >= 11 is 0. The van der Waals surface area contributed by atoms with Crippen molar-refractivity contribution in [2.24, 2.45) is 5.73 Å². The van der Waals surface area contributed by atoms with Gasteiger partial charge in [-0.1, -0.05) is 32.3 Å². The van der Waals surface area contributed by atoms with Gasteiger partial charge in [0.05, 0.1) is 0 Å². The summed E-state index contributed by atoms with van der Waals surface area (Å²) in [6, 6.07) is 0. The Kier molecular flexibility index (Phi) is 7.15. The van der Waals surface area contributed by atoms with Crippen molar-refractivity contribution in [2.45, 2.75) is 39.0 Å². The Bertz CT molecular complexity index is 67.0. The zero-order valence-corrected chi connectivity index (χ0v) is 6.27. The van der Waals surface area contributed by atoms with Gasteiger partial charge in [-0.3, -0.25) is 0 Å². The first-order valence-corrected chi connectivity index (χ1v) is 3.78. The van der Waals surface area contributed by atoms with Gasteiger partial charge in [0.1, 0.15) is 0 Å². The third-order valence-electron chi connectivity index (χ3n) is 1.36. The van der Waals surface area contributed by atoms with Gasteiger partial charge in [0.2, 0.25) is 0 Å². The van der Waals surface area contributed by atoms with Crippen LogP contribution in [0.25, 0.3) is 0 Å². The van der Waals surface area contributed by atoms with Gasteiger partial charge in [0, 0.05) is 0 Å². The van der Waals surface area contributed by atoms with Crippen molar-refractivity contribution in [1.82, 2.24) is 0 Å². The van der Waals surface area contributed by atoms with Gasteiger partial charge in [-0.25, -0.2) is 0 Å². The summed E-state index contributed by atoms with van der Waals surface area (Å²) in [5.41, 5.74) is 5.16. The molecule has 9 heavy (non-hydrogen) atoms. The highest BCUT2D eigenvalue weighted by atomic mass is 14.5. The van der Waals surface area contributed by atoms with E-state index < -0.39 is 0 Å². The van der Waals surface area contributed by atoms with E-state index in [1.54, 1.807) is 6.20 Å². The molecule has 2 N–H and O–H groups in total. The molecule has 0 aliphatic carbocycles. The molecule has 0 unspecified atom stereocenters. The van der Waals surface area contributed by atoms with E-state index in [1.807, 2.05) is 6.08 Å². The summed E-state index contributed by atoms with van der Waals surface area (Å²) in [7, 11) is 0. The standard InChI is InChI=1S/C8H17N/c1-2-3-4-5-6-7-8-9/h7-8H,2-6,9H2,1H3/b8-7+. The minimum absolute atomic E-state index is 1.15. The van der Waals surface area contributed by atoms with Crippen LogP contribution in [0, 0.1) is 0 Å². The van der Waals surface area contributed by atoms with E-state index in [1.165, 1.54) is 25.7 Å². The number of nitrogens with two attached hydrogens (primary N) is 1. The maximum atomic E-state index is 5.16. The minimum atomic E-state index is 1.15. The van der Waals surface area contributed by atoms with Crippen molar-refractivity contribution in [3.05, 3.63) is 12.3 Å². The first-order chi connectivity index (χ1) is 4.41. The molecule has 0 heterocycles. The van der Waals surface area contributed by atoms with Gasteiger partial charge in [-0.15, -0.1) is 0 Å². The zero-order valence-electron chi connectivity index (χ0n) is 6.27. The fourth-order valence-corrected chi connectivity index (χ4v) is 0.785. The predicted molar refractivity (Wildman–Crippen MR) is 42.1 cm³/mol. The number of unbranched alkanes of at least 4 members (excludes halogenated alkanes) is 4. The molecule has 0 rings (SSSR count). The summed E-state index contributed by atoms with van der Waals surface area (Å²) in [5, 5.41) is 0. The SMILES string of the molecule is CCCCCC/C=C/N. The highest BCUT2D eigenvalue weighted by molar-refractivity contribution is 4.74. The lowest BCUT2D eigenvalue weighted by Crippen LogP contribution is -1.77. The zero-order chi connectivity index (χ0) is 6.95. The van der Waals surface area contributed by atoms with Crippen molar-refractivity contribution in [2.75, 3.05) is 0 Å². The van der Waals surface area contributed by atoms with Gasteiger partial charge in [-0.05, 0) is 19.0 Å². The average molecular weight is 127 g/mol. The van der Waals surface area contributed by atoms with Crippen LogP contribution in [0.4, 0.5) is 0 Å². The molecule has 0 aromatic heterocycles.